The lowest BCUT2D eigenvalue weighted by atomic mass is 10.1. The Kier molecular flexibility index (Phi) is 6.57. The van der Waals surface area contributed by atoms with Gasteiger partial charge in [-0.3, -0.25) is 0 Å². The molecule has 0 spiro atoms. The van der Waals surface area contributed by atoms with Gasteiger partial charge in [-0.05, 0) is 42.0 Å². The maximum Gasteiger partial charge on any atom is 0.160 e. The maximum atomic E-state index is 9.44. The molecule has 1 aromatic carbocycles. The summed E-state index contributed by atoms with van der Waals surface area (Å²) in [5.74, 6) is 3.97. The third kappa shape index (κ3) is 4.58. The molecule has 0 radical (unpaired) electrons. The molecule has 16 heavy (non-hydrogen) atoms. The van der Waals surface area contributed by atoms with Crippen molar-refractivity contribution in [2.45, 2.75) is 12.8 Å². The topological polar surface area (TPSA) is 29.5 Å². The highest BCUT2D eigenvalue weighted by Crippen LogP contribution is 2.26. The molecule has 2 nitrogen and oxygen atoms in total. The Morgan fingerprint density at radius 1 is 1.38 bits per heavy atom. The molecule has 1 aromatic rings. The number of methoxy groups -OCH3 is 1. The van der Waals surface area contributed by atoms with Crippen molar-refractivity contribution in [3.63, 3.8) is 0 Å². The summed E-state index contributed by atoms with van der Waals surface area (Å²) in [4.78, 5) is 0. The number of thioether (sulfide) groups is 1. The molecule has 0 aliphatic rings. The minimum atomic E-state index is 0.204. The molecule has 0 saturated heterocycles. The van der Waals surface area contributed by atoms with E-state index in [4.69, 9.17) is 4.74 Å². The van der Waals surface area contributed by atoms with Crippen molar-refractivity contribution in [3.8, 4) is 11.5 Å². The molecular formula is C12H18O2S2. The van der Waals surface area contributed by atoms with Gasteiger partial charge in [0, 0.05) is 5.75 Å². The van der Waals surface area contributed by atoms with Crippen LogP contribution >= 0.6 is 24.4 Å². The first-order valence-electron chi connectivity index (χ1n) is 5.32. The molecule has 0 saturated carbocycles. The van der Waals surface area contributed by atoms with Crippen LogP contribution in [0.2, 0.25) is 0 Å². The number of benzene rings is 1. The number of thiol groups is 1. The maximum absolute atomic E-state index is 9.44. The Balaban J connectivity index is 2.36. The molecule has 0 aromatic heterocycles. The quantitative estimate of drug-likeness (QED) is 0.582. The molecule has 1 rings (SSSR count). The normalized spacial score (nSPS) is 10.4. The zero-order valence-electron chi connectivity index (χ0n) is 9.48. The number of phenols is 1. The lowest BCUT2D eigenvalue weighted by Crippen LogP contribution is -1.91. The van der Waals surface area contributed by atoms with Gasteiger partial charge in [0.1, 0.15) is 0 Å². The van der Waals surface area contributed by atoms with Crippen LogP contribution in [0.3, 0.4) is 0 Å². The molecular weight excluding hydrogens is 240 g/mol. The van der Waals surface area contributed by atoms with E-state index in [-0.39, 0.29) is 5.75 Å². The van der Waals surface area contributed by atoms with E-state index in [0.717, 1.165) is 30.1 Å². The number of hydrogen-bond acceptors (Lipinski definition) is 4. The van der Waals surface area contributed by atoms with Crippen molar-refractivity contribution in [1.29, 1.82) is 0 Å². The van der Waals surface area contributed by atoms with E-state index in [1.165, 1.54) is 5.56 Å². The largest absolute Gasteiger partial charge is 0.504 e. The van der Waals surface area contributed by atoms with Gasteiger partial charge in [-0.15, -0.1) is 0 Å². The van der Waals surface area contributed by atoms with Crippen molar-refractivity contribution in [2.75, 3.05) is 24.4 Å². The van der Waals surface area contributed by atoms with Gasteiger partial charge in [-0.25, -0.2) is 0 Å². The standard InChI is InChI=1S/C12H18O2S2/c1-14-12-9-10(4-5-11(12)13)3-2-7-16-8-6-15/h4-5,9,13,15H,2-3,6-8H2,1H3. The van der Waals surface area contributed by atoms with Gasteiger partial charge in [0.25, 0.3) is 0 Å². The van der Waals surface area contributed by atoms with Gasteiger partial charge in [-0.1, -0.05) is 6.07 Å². The molecule has 0 aliphatic heterocycles. The van der Waals surface area contributed by atoms with Crippen LogP contribution < -0.4 is 4.74 Å². The molecule has 0 aliphatic carbocycles. The number of rotatable bonds is 7. The predicted octanol–water partition coefficient (Wildman–Crippen LogP) is 3.00. The molecule has 0 fully saturated rings. The van der Waals surface area contributed by atoms with Crippen LogP contribution in [0, 0.1) is 0 Å². The molecule has 1 N–H and O–H groups in total. The number of hydrogen-bond donors (Lipinski definition) is 2. The highest BCUT2D eigenvalue weighted by atomic mass is 32.2. The fraction of sp³-hybridized carbons (Fsp3) is 0.500. The predicted molar refractivity (Wildman–Crippen MR) is 74.2 cm³/mol. The van der Waals surface area contributed by atoms with Crippen molar-refractivity contribution in [2.24, 2.45) is 0 Å². The molecule has 0 atom stereocenters. The second kappa shape index (κ2) is 7.74. The lowest BCUT2D eigenvalue weighted by molar-refractivity contribution is 0.373. The summed E-state index contributed by atoms with van der Waals surface area (Å²) in [5, 5.41) is 9.44. The highest BCUT2D eigenvalue weighted by molar-refractivity contribution is 7.99. The van der Waals surface area contributed by atoms with Crippen LogP contribution in [-0.4, -0.2) is 29.5 Å². The Morgan fingerprint density at radius 3 is 2.88 bits per heavy atom. The summed E-state index contributed by atoms with van der Waals surface area (Å²) in [6.45, 7) is 0. The molecule has 0 heterocycles. The first-order valence-corrected chi connectivity index (χ1v) is 7.11. The third-order valence-corrected chi connectivity index (χ3v) is 3.83. The van der Waals surface area contributed by atoms with E-state index in [1.54, 1.807) is 13.2 Å². The van der Waals surface area contributed by atoms with Crippen LogP contribution in [0.4, 0.5) is 0 Å². The van der Waals surface area contributed by atoms with Crippen molar-refractivity contribution >= 4 is 24.4 Å². The van der Waals surface area contributed by atoms with Gasteiger partial charge in [0.15, 0.2) is 11.5 Å². The van der Waals surface area contributed by atoms with Crippen LogP contribution in [0.1, 0.15) is 12.0 Å². The molecule has 0 amide bonds. The minimum Gasteiger partial charge on any atom is -0.504 e. The number of ether oxygens (including phenoxy) is 1. The fourth-order valence-corrected chi connectivity index (χ4v) is 2.49. The summed E-state index contributed by atoms with van der Waals surface area (Å²) in [6, 6.07) is 5.54. The average molecular weight is 258 g/mol. The van der Waals surface area contributed by atoms with E-state index in [1.807, 2.05) is 23.9 Å². The fourth-order valence-electron chi connectivity index (χ4n) is 1.42. The Labute approximate surface area is 107 Å². The van der Waals surface area contributed by atoms with Crippen molar-refractivity contribution < 1.29 is 9.84 Å². The van der Waals surface area contributed by atoms with Gasteiger partial charge < -0.3 is 9.84 Å². The molecule has 0 unspecified atom stereocenters. The summed E-state index contributed by atoms with van der Waals surface area (Å²) in [7, 11) is 1.57. The molecule has 4 heteroatoms. The summed E-state index contributed by atoms with van der Waals surface area (Å²) in [5.41, 5.74) is 1.21. The van der Waals surface area contributed by atoms with Crippen LogP contribution in [-0.2, 0) is 6.42 Å². The van der Waals surface area contributed by atoms with Crippen LogP contribution in [0.5, 0.6) is 11.5 Å². The summed E-state index contributed by atoms with van der Waals surface area (Å²) in [6.07, 6.45) is 2.17. The van der Waals surface area contributed by atoms with E-state index in [0.29, 0.717) is 5.75 Å². The Hall–Kier alpha value is -0.480. The van der Waals surface area contributed by atoms with E-state index in [9.17, 15) is 5.11 Å². The Morgan fingerprint density at radius 2 is 2.19 bits per heavy atom. The number of aryl methyl sites for hydroxylation is 1. The smallest absolute Gasteiger partial charge is 0.160 e. The van der Waals surface area contributed by atoms with Gasteiger partial charge in [0.2, 0.25) is 0 Å². The SMILES string of the molecule is COc1cc(CCCSCCS)ccc1O. The van der Waals surface area contributed by atoms with E-state index < -0.39 is 0 Å². The summed E-state index contributed by atoms with van der Waals surface area (Å²) >= 11 is 6.09. The van der Waals surface area contributed by atoms with E-state index >= 15 is 0 Å². The van der Waals surface area contributed by atoms with Crippen molar-refractivity contribution in [1.82, 2.24) is 0 Å². The zero-order chi connectivity index (χ0) is 11.8. The monoisotopic (exact) mass is 258 g/mol. The molecule has 90 valence electrons. The first kappa shape index (κ1) is 13.6. The minimum absolute atomic E-state index is 0.204. The highest BCUT2D eigenvalue weighted by Gasteiger charge is 2.02. The van der Waals surface area contributed by atoms with E-state index in [2.05, 4.69) is 12.6 Å². The number of phenolic OH excluding ortho intramolecular Hbond substituents is 1. The molecule has 0 bridgehead atoms. The van der Waals surface area contributed by atoms with Gasteiger partial charge in [-0.2, -0.15) is 24.4 Å². The number of aromatic hydroxyl groups is 1. The van der Waals surface area contributed by atoms with Crippen LogP contribution in [0.15, 0.2) is 18.2 Å². The average Bonchev–Trinajstić information content (AvgIpc) is 2.31. The second-order valence-corrected chi connectivity index (χ2v) is 5.12. The van der Waals surface area contributed by atoms with Crippen molar-refractivity contribution in [3.05, 3.63) is 23.8 Å². The second-order valence-electron chi connectivity index (χ2n) is 3.45. The Bertz CT molecular complexity index is 316. The van der Waals surface area contributed by atoms with Gasteiger partial charge in [0.05, 0.1) is 7.11 Å². The zero-order valence-corrected chi connectivity index (χ0v) is 11.2. The van der Waals surface area contributed by atoms with Gasteiger partial charge >= 0.3 is 0 Å². The first-order chi connectivity index (χ1) is 7.77. The lowest BCUT2D eigenvalue weighted by Gasteiger charge is -2.06. The van der Waals surface area contributed by atoms with Crippen LogP contribution in [0.25, 0.3) is 0 Å². The summed E-state index contributed by atoms with van der Waals surface area (Å²) < 4.78 is 5.07. The third-order valence-electron chi connectivity index (χ3n) is 2.23.